The average molecular weight is 557 g/mol. The number of hydrogen-bond acceptors (Lipinski definition) is 4. The first-order chi connectivity index (χ1) is 17.8. The van der Waals surface area contributed by atoms with Crippen LogP contribution in [0.5, 0.6) is 0 Å². The van der Waals surface area contributed by atoms with Crippen LogP contribution < -0.4 is 10.2 Å². The molecule has 0 aliphatic carbocycles. The summed E-state index contributed by atoms with van der Waals surface area (Å²) in [7, 11) is -1.40. The minimum absolute atomic E-state index is 0.0270. The molecule has 0 atom stereocenters. The van der Waals surface area contributed by atoms with Crippen LogP contribution in [0, 0.1) is 17.5 Å². The predicted molar refractivity (Wildman–Crippen MR) is 137 cm³/mol. The highest BCUT2D eigenvalue weighted by atomic mass is 28.3. The topological polar surface area (TPSA) is 42.3 Å². The molecule has 1 aliphatic rings. The van der Waals surface area contributed by atoms with Crippen molar-refractivity contribution in [2.75, 3.05) is 37.7 Å². The molecule has 0 spiro atoms. The Labute approximate surface area is 218 Å². The lowest BCUT2D eigenvalue weighted by Crippen LogP contribution is -2.44. The van der Waals surface area contributed by atoms with Crippen molar-refractivity contribution in [3.63, 3.8) is 0 Å². The number of imidazole rings is 1. The maximum absolute atomic E-state index is 14.3. The van der Waals surface area contributed by atoms with Crippen LogP contribution in [0.1, 0.15) is 5.56 Å². The zero-order chi connectivity index (χ0) is 27.7. The van der Waals surface area contributed by atoms with Gasteiger partial charge in [-0.2, -0.15) is 13.2 Å². The summed E-state index contributed by atoms with van der Waals surface area (Å²) >= 11 is 0. The molecule has 3 aromatic rings. The Bertz CT molecular complexity index is 1240. The molecule has 0 bridgehead atoms. The monoisotopic (exact) mass is 556 g/mol. The largest absolute Gasteiger partial charge is 0.416 e. The predicted octanol–water partition coefficient (Wildman–Crippen LogP) is 6.38. The Balaban J connectivity index is 1.87. The van der Waals surface area contributed by atoms with E-state index in [2.05, 4.69) is 25.0 Å². The van der Waals surface area contributed by atoms with Crippen molar-refractivity contribution in [3.8, 4) is 22.5 Å². The first-order valence-electron chi connectivity index (χ1n) is 12.3. The molecule has 1 N–H and O–H groups in total. The van der Waals surface area contributed by atoms with E-state index >= 15 is 0 Å². The Morgan fingerprint density at radius 3 is 2.11 bits per heavy atom. The zero-order valence-electron chi connectivity index (χ0n) is 21.4. The van der Waals surface area contributed by atoms with E-state index in [0.29, 0.717) is 50.0 Å². The molecule has 4 rings (SSSR count). The van der Waals surface area contributed by atoms with Crippen molar-refractivity contribution >= 4 is 14.0 Å². The number of ether oxygens (including phenoxy) is 1. The number of benzene rings is 2. The number of rotatable bonds is 8. The maximum Gasteiger partial charge on any atom is 0.416 e. The van der Waals surface area contributed by atoms with Crippen LogP contribution >= 0.6 is 0 Å². The van der Waals surface area contributed by atoms with E-state index in [-0.39, 0.29) is 18.0 Å². The van der Waals surface area contributed by atoms with Gasteiger partial charge in [0.05, 0.1) is 17.0 Å². The summed E-state index contributed by atoms with van der Waals surface area (Å²) in [5.41, 5.74) is -0.0774. The maximum atomic E-state index is 14.3. The van der Waals surface area contributed by atoms with Gasteiger partial charge >= 0.3 is 6.18 Å². The number of nitrogens with zero attached hydrogens (tertiary/aromatic N) is 3. The molecule has 0 amide bonds. The van der Waals surface area contributed by atoms with E-state index in [9.17, 15) is 26.3 Å². The lowest BCUT2D eigenvalue weighted by molar-refractivity contribution is -0.137. The van der Waals surface area contributed by atoms with Gasteiger partial charge in [0.2, 0.25) is 5.95 Å². The number of alkyl halides is 3. The van der Waals surface area contributed by atoms with Crippen molar-refractivity contribution in [1.29, 1.82) is 0 Å². The van der Waals surface area contributed by atoms with E-state index in [1.165, 1.54) is 12.1 Å². The molecule has 5 nitrogen and oxygen atoms in total. The van der Waals surface area contributed by atoms with E-state index < -0.39 is 37.3 Å². The van der Waals surface area contributed by atoms with Gasteiger partial charge in [0.25, 0.3) is 0 Å². The van der Waals surface area contributed by atoms with Gasteiger partial charge in [-0.25, -0.2) is 18.2 Å². The highest BCUT2D eigenvalue weighted by Crippen LogP contribution is 2.38. The quantitative estimate of drug-likeness (QED) is 0.151. The summed E-state index contributed by atoms with van der Waals surface area (Å²) in [6.07, 6.45) is -4.53. The summed E-state index contributed by atoms with van der Waals surface area (Å²) in [6.45, 7) is 9.65. The Morgan fingerprint density at radius 1 is 0.947 bits per heavy atom. The first kappa shape index (κ1) is 28.2. The van der Waals surface area contributed by atoms with Gasteiger partial charge in [-0.3, -0.25) is 4.57 Å². The second-order valence-electron chi connectivity index (χ2n) is 10.5. The molecule has 1 aromatic heterocycles. The van der Waals surface area contributed by atoms with Gasteiger partial charge in [0, 0.05) is 52.0 Å². The molecule has 1 saturated heterocycles. The smallest absolute Gasteiger partial charge is 0.361 e. The normalized spacial score (nSPS) is 14.8. The summed E-state index contributed by atoms with van der Waals surface area (Å²) in [4.78, 5) is 6.68. The number of aromatic nitrogens is 2. The third kappa shape index (κ3) is 6.41. The molecule has 0 unspecified atom stereocenters. The Hall–Kier alpha value is -2.83. The number of piperazine rings is 1. The molecule has 1 aliphatic heterocycles. The molecular formula is C26H30F6N4OSi. The van der Waals surface area contributed by atoms with E-state index in [1.54, 1.807) is 4.57 Å². The van der Waals surface area contributed by atoms with Gasteiger partial charge in [-0.05, 0) is 30.3 Å². The number of nitrogens with one attached hydrogen (secondary N) is 1. The summed E-state index contributed by atoms with van der Waals surface area (Å²) < 4.78 is 89.8. The number of halogens is 6. The zero-order valence-corrected chi connectivity index (χ0v) is 22.4. The van der Waals surface area contributed by atoms with Gasteiger partial charge in [0.1, 0.15) is 6.73 Å². The van der Waals surface area contributed by atoms with Crippen LogP contribution in [0.4, 0.5) is 32.3 Å². The highest BCUT2D eigenvalue weighted by Gasteiger charge is 2.31. The van der Waals surface area contributed by atoms with Crippen molar-refractivity contribution in [2.45, 2.75) is 38.6 Å². The Morgan fingerprint density at radius 2 is 1.55 bits per heavy atom. The standard InChI is InChI=1S/C26H30F6N4OSi/c1-38(2,3)13-12-37-16-36-24(17-4-6-19(7-5-17)26(30,31)32)23(18-14-20(27)22(29)21(28)15-18)34-25(36)35-10-8-33-9-11-35/h4-7,14-15,33H,8-13,16H2,1-3H3. The van der Waals surface area contributed by atoms with Crippen LogP contribution in [-0.4, -0.2) is 50.4 Å². The lowest BCUT2D eigenvalue weighted by atomic mass is 10.0. The van der Waals surface area contributed by atoms with Crippen LogP contribution in [0.15, 0.2) is 36.4 Å². The molecule has 38 heavy (non-hydrogen) atoms. The molecule has 12 heteroatoms. The second kappa shape index (κ2) is 11.1. The second-order valence-corrected chi connectivity index (χ2v) is 16.1. The summed E-state index contributed by atoms with van der Waals surface area (Å²) in [5, 5.41) is 3.25. The molecule has 0 radical (unpaired) electrons. The molecule has 0 saturated carbocycles. The van der Waals surface area contributed by atoms with E-state index in [1.807, 2.05) is 4.90 Å². The van der Waals surface area contributed by atoms with E-state index in [0.717, 1.165) is 30.3 Å². The van der Waals surface area contributed by atoms with Crippen LogP contribution in [0.3, 0.4) is 0 Å². The van der Waals surface area contributed by atoms with Gasteiger partial charge in [-0.15, -0.1) is 0 Å². The van der Waals surface area contributed by atoms with Gasteiger partial charge in [-0.1, -0.05) is 31.8 Å². The molecule has 206 valence electrons. The van der Waals surface area contributed by atoms with Crippen molar-refractivity contribution in [1.82, 2.24) is 14.9 Å². The SMILES string of the molecule is C[Si](C)(C)CCOCn1c(N2CCNCC2)nc(-c2cc(F)c(F)c(F)c2)c1-c1ccc(C(F)(F)F)cc1. The first-order valence-corrected chi connectivity index (χ1v) is 16.0. The number of anilines is 1. The van der Waals surface area contributed by atoms with Crippen molar-refractivity contribution in [3.05, 3.63) is 59.4 Å². The molecule has 2 aromatic carbocycles. The highest BCUT2D eigenvalue weighted by molar-refractivity contribution is 6.76. The third-order valence-corrected chi connectivity index (χ3v) is 8.01. The van der Waals surface area contributed by atoms with E-state index in [4.69, 9.17) is 9.72 Å². The molecule has 2 heterocycles. The van der Waals surface area contributed by atoms with Crippen LogP contribution in [0.2, 0.25) is 25.7 Å². The van der Waals surface area contributed by atoms with Crippen LogP contribution in [-0.2, 0) is 17.6 Å². The minimum Gasteiger partial charge on any atom is -0.361 e. The van der Waals surface area contributed by atoms with Crippen molar-refractivity contribution in [2.24, 2.45) is 0 Å². The molecular weight excluding hydrogens is 526 g/mol. The van der Waals surface area contributed by atoms with Crippen LogP contribution in [0.25, 0.3) is 22.5 Å². The fraction of sp³-hybridized carbons (Fsp3) is 0.423. The fourth-order valence-electron chi connectivity index (χ4n) is 4.21. The Kier molecular flexibility index (Phi) is 8.24. The summed E-state index contributed by atoms with van der Waals surface area (Å²) in [6, 6.07) is 7.04. The average Bonchev–Trinajstić information content (AvgIpc) is 3.24. The summed E-state index contributed by atoms with van der Waals surface area (Å²) in [5.74, 6) is -3.93. The fourth-order valence-corrected chi connectivity index (χ4v) is 4.96. The minimum atomic E-state index is -4.53. The van der Waals surface area contributed by atoms with Gasteiger partial charge < -0.3 is 15.0 Å². The van der Waals surface area contributed by atoms with Gasteiger partial charge in [0.15, 0.2) is 17.5 Å². The lowest BCUT2D eigenvalue weighted by Gasteiger charge is -2.29. The van der Waals surface area contributed by atoms with Crippen molar-refractivity contribution < 1.29 is 31.1 Å². The molecule has 1 fully saturated rings. The number of hydrogen-bond donors (Lipinski definition) is 1. The third-order valence-electron chi connectivity index (χ3n) is 6.31.